The van der Waals surface area contributed by atoms with Crippen LogP contribution in [0.1, 0.15) is 35.3 Å². The molecule has 146 valence electrons. The van der Waals surface area contributed by atoms with E-state index in [1.807, 2.05) is 11.4 Å². The second-order valence-corrected chi connectivity index (χ2v) is 8.70. The van der Waals surface area contributed by atoms with Crippen LogP contribution in [-0.2, 0) is 23.3 Å². The smallest absolute Gasteiger partial charge is 0.325 e. The van der Waals surface area contributed by atoms with Gasteiger partial charge in [0, 0.05) is 16.9 Å². The minimum absolute atomic E-state index is 0.141. The van der Waals surface area contributed by atoms with E-state index in [-0.39, 0.29) is 18.5 Å². The maximum Gasteiger partial charge on any atom is 0.325 e. The van der Waals surface area contributed by atoms with E-state index in [2.05, 4.69) is 5.32 Å². The molecule has 0 bridgehead atoms. The number of thiophene rings is 1. The van der Waals surface area contributed by atoms with Crippen molar-refractivity contribution in [2.75, 3.05) is 13.2 Å². The second kappa shape index (κ2) is 6.67. The normalized spacial score (nSPS) is 23.5. The van der Waals surface area contributed by atoms with E-state index in [1.165, 1.54) is 9.78 Å². The van der Waals surface area contributed by atoms with Crippen molar-refractivity contribution in [3.63, 3.8) is 0 Å². The molecule has 1 aromatic heterocycles. The zero-order valence-corrected chi connectivity index (χ0v) is 16.7. The number of ether oxygens (including phenoxy) is 2. The van der Waals surface area contributed by atoms with Crippen LogP contribution in [-0.4, -0.2) is 30.1 Å². The van der Waals surface area contributed by atoms with Gasteiger partial charge in [0.25, 0.3) is 5.91 Å². The summed E-state index contributed by atoms with van der Waals surface area (Å²) in [4.78, 5) is 28.5. The molecule has 1 unspecified atom stereocenters. The number of carbonyl (C=O) groups is 2. The molecule has 0 radical (unpaired) electrons. The first-order valence-electron chi connectivity index (χ1n) is 9.37. The Morgan fingerprint density at radius 1 is 1.21 bits per heavy atom. The van der Waals surface area contributed by atoms with Crippen molar-refractivity contribution < 1.29 is 19.1 Å². The highest BCUT2D eigenvalue weighted by Crippen LogP contribution is 2.43. The van der Waals surface area contributed by atoms with Gasteiger partial charge in [0.2, 0.25) is 0 Å². The first-order chi connectivity index (χ1) is 13.6. The predicted molar refractivity (Wildman–Crippen MR) is 105 cm³/mol. The molecule has 8 heteroatoms. The minimum atomic E-state index is -0.931. The van der Waals surface area contributed by atoms with E-state index in [4.69, 9.17) is 21.1 Å². The first kappa shape index (κ1) is 17.8. The monoisotopic (exact) mass is 418 g/mol. The molecule has 3 amide bonds. The van der Waals surface area contributed by atoms with E-state index in [0.29, 0.717) is 36.2 Å². The van der Waals surface area contributed by atoms with E-state index < -0.39 is 5.54 Å². The summed E-state index contributed by atoms with van der Waals surface area (Å²) in [5, 5.41) is 5.39. The number of nitrogens with one attached hydrogen (secondary N) is 1. The number of amides is 3. The van der Waals surface area contributed by atoms with E-state index in [0.717, 1.165) is 30.4 Å². The van der Waals surface area contributed by atoms with Crippen LogP contribution in [0.3, 0.4) is 0 Å². The molecule has 3 heterocycles. The number of nitrogens with zero attached hydrogens (tertiary/aromatic N) is 1. The van der Waals surface area contributed by atoms with Gasteiger partial charge in [-0.2, -0.15) is 0 Å². The van der Waals surface area contributed by atoms with Gasteiger partial charge in [-0.05, 0) is 48.4 Å². The third-order valence-electron chi connectivity index (χ3n) is 5.54. The van der Waals surface area contributed by atoms with Crippen molar-refractivity contribution in [1.82, 2.24) is 10.2 Å². The van der Waals surface area contributed by atoms with Crippen LogP contribution in [0.2, 0.25) is 5.02 Å². The van der Waals surface area contributed by atoms with Crippen LogP contribution in [0, 0.1) is 0 Å². The van der Waals surface area contributed by atoms with E-state index >= 15 is 0 Å². The Bertz CT molecular complexity index is 975. The molecule has 1 N–H and O–H groups in total. The maximum absolute atomic E-state index is 13.3. The van der Waals surface area contributed by atoms with E-state index in [9.17, 15) is 9.59 Å². The lowest BCUT2D eigenvalue weighted by Gasteiger charge is -2.31. The summed E-state index contributed by atoms with van der Waals surface area (Å²) in [7, 11) is 0. The minimum Gasteiger partial charge on any atom is -0.489 e. The number of rotatable bonds is 2. The topological polar surface area (TPSA) is 67.9 Å². The van der Waals surface area contributed by atoms with Gasteiger partial charge in [0.15, 0.2) is 11.5 Å². The average Bonchev–Trinajstić information content (AvgIpc) is 3.14. The highest BCUT2D eigenvalue weighted by molar-refractivity contribution is 7.10. The van der Waals surface area contributed by atoms with Crippen LogP contribution in [0.15, 0.2) is 23.6 Å². The molecule has 0 saturated carbocycles. The van der Waals surface area contributed by atoms with Crippen molar-refractivity contribution in [3.8, 4) is 11.5 Å². The predicted octanol–water partition coefficient (Wildman–Crippen LogP) is 3.85. The Kier molecular flexibility index (Phi) is 4.25. The van der Waals surface area contributed by atoms with E-state index in [1.54, 1.807) is 23.5 Å². The summed E-state index contributed by atoms with van der Waals surface area (Å²) in [6.07, 6.45) is 3.23. The SMILES string of the molecule is O=C1NC2(CCCc3sccc32)C(=O)N1Cc1cc(Cl)c2c(c1)OCCCO2. The largest absolute Gasteiger partial charge is 0.489 e. The number of urea groups is 1. The van der Waals surface area contributed by atoms with Gasteiger partial charge < -0.3 is 14.8 Å². The van der Waals surface area contributed by atoms with Crippen LogP contribution < -0.4 is 14.8 Å². The van der Waals surface area contributed by atoms with Gasteiger partial charge >= 0.3 is 6.03 Å². The van der Waals surface area contributed by atoms with Crippen LogP contribution in [0.4, 0.5) is 4.79 Å². The maximum atomic E-state index is 13.3. The van der Waals surface area contributed by atoms with Gasteiger partial charge in [-0.15, -0.1) is 11.3 Å². The van der Waals surface area contributed by atoms with Gasteiger partial charge in [-0.25, -0.2) is 4.79 Å². The fourth-order valence-corrected chi connectivity index (χ4v) is 5.53. The summed E-state index contributed by atoms with van der Waals surface area (Å²) in [6.45, 7) is 1.23. The van der Waals surface area contributed by atoms with Gasteiger partial charge in [0.1, 0.15) is 5.54 Å². The molecule has 1 saturated heterocycles. The number of hydrogen-bond acceptors (Lipinski definition) is 5. The molecular weight excluding hydrogens is 400 g/mol. The lowest BCUT2D eigenvalue weighted by Crippen LogP contribution is -2.46. The molecule has 1 spiro atoms. The molecule has 5 rings (SSSR count). The Balaban J connectivity index is 1.46. The Hall–Kier alpha value is -2.25. The van der Waals surface area contributed by atoms with Crippen LogP contribution in [0.5, 0.6) is 11.5 Å². The van der Waals surface area contributed by atoms with Gasteiger partial charge in [-0.3, -0.25) is 9.69 Å². The Morgan fingerprint density at radius 3 is 2.96 bits per heavy atom. The van der Waals surface area contributed by atoms with Crippen molar-refractivity contribution in [2.45, 2.75) is 37.8 Å². The fourth-order valence-electron chi connectivity index (χ4n) is 4.24. The molecule has 28 heavy (non-hydrogen) atoms. The zero-order chi connectivity index (χ0) is 19.3. The third kappa shape index (κ3) is 2.68. The average molecular weight is 419 g/mol. The summed E-state index contributed by atoms with van der Waals surface area (Å²) in [6, 6.07) is 5.13. The number of aryl methyl sites for hydroxylation is 1. The summed E-state index contributed by atoms with van der Waals surface area (Å²) in [5.41, 5.74) is 0.747. The number of carbonyl (C=O) groups excluding carboxylic acids is 2. The molecule has 2 aliphatic heterocycles. The van der Waals surface area contributed by atoms with Crippen molar-refractivity contribution >= 4 is 34.9 Å². The number of benzene rings is 1. The molecule has 1 aromatic carbocycles. The molecule has 1 atom stereocenters. The molecule has 1 fully saturated rings. The standard InChI is InChI=1S/C20H19ClN2O4S/c21-14-9-12(10-15-17(14)27-7-2-6-26-15)11-23-18(24)20(22-19(23)25)5-1-3-16-13(20)4-8-28-16/h4,8-10H,1-3,5-7,11H2,(H,22,25). The number of hydrogen-bond donors (Lipinski definition) is 1. The molecule has 3 aliphatic rings. The lowest BCUT2D eigenvalue weighted by atomic mass is 9.80. The fraction of sp³-hybridized carbons (Fsp3) is 0.400. The number of fused-ring (bicyclic) bond motifs is 3. The van der Waals surface area contributed by atoms with Gasteiger partial charge in [0.05, 0.1) is 24.8 Å². The Morgan fingerprint density at radius 2 is 2.07 bits per heavy atom. The van der Waals surface area contributed by atoms with Crippen LogP contribution >= 0.6 is 22.9 Å². The zero-order valence-electron chi connectivity index (χ0n) is 15.1. The molecule has 2 aromatic rings. The highest BCUT2D eigenvalue weighted by Gasteiger charge is 2.54. The van der Waals surface area contributed by atoms with Crippen LogP contribution in [0.25, 0.3) is 0 Å². The quantitative estimate of drug-likeness (QED) is 0.752. The summed E-state index contributed by atoms with van der Waals surface area (Å²) < 4.78 is 11.4. The highest BCUT2D eigenvalue weighted by atomic mass is 35.5. The molecule has 6 nitrogen and oxygen atoms in total. The molecular formula is C20H19ClN2O4S. The molecule has 1 aliphatic carbocycles. The van der Waals surface area contributed by atoms with Crippen molar-refractivity contribution in [1.29, 1.82) is 0 Å². The van der Waals surface area contributed by atoms with Crippen molar-refractivity contribution in [3.05, 3.63) is 44.6 Å². The van der Waals surface area contributed by atoms with Gasteiger partial charge in [-0.1, -0.05) is 11.6 Å². The number of imide groups is 1. The first-order valence-corrected chi connectivity index (χ1v) is 10.6. The number of halogens is 1. The lowest BCUT2D eigenvalue weighted by molar-refractivity contribution is -0.132. The summed E-state index contributed by atoms with van der Waals surface area (Å²) in [5.74, 6) is 0.881. The second-order valence-electron chi connectivity index (χ2n) is 7.29. The summed E-state index contributed by atoms with van der Waals surface area (Å²) >= 11 is 8.01. The third-order valence-corrected chi connectivity index (χ3v) is 6.80. The van der Waals surface area contributed by atoms with Crippen molar-refractivity contribution in [2.24, 2.45) is 0 Å². The Labute approximate surface area is 171 Å².